The molecule has 0 spiro atoms. The van der Waals surface area contributed by atoms with Gasteiger partial charge in [-0.15, -0.1) is 0 Å². The van der Waals surface area contributed by atoms with Crippen molar-refractivity contribution < 1.29 is 9.53 Å². The van der Waals surface area contributed by atoms with Crippen molar-refractivity contribution in [3.63, 3.8) is 0 Å². The molecule has 6 heteroatoms. The third-order valence-corrected chi connectivity index (χ3v) is 2.96. The molecule has 1 aromatic carbocycles. The minimum atomic E-state index is -0.416. The van der Waals surface area contributed by atoms with E-state index in [2.05, 4.69) is 20.0 Å². The molecule has 0 saturated carbocycles. The predicted molar refractivity (Wildman–Crippen MR) is 81.8 cm³/mol. The standard InChI is InChI=1S/C15H14N4O2/c1-3-8-21-11-7-5-4-6-10(11)13-18-14-12(15(20)19-13)16-9(2)17-14/h4-7H,3,8H2,1-2H3. The number of rotatable bonds is 4. The minimum absolute atomic E-state index is 0.211. The van der Waals surface area contributed by atoms with Gasteiger partial charge in [-0.3, -0.25) is 4.79 Å². The predicted octanol–water partition coefficient (Wildman–Crippen LogP) is 2.03. The van der Waals surface area contributed by atoms with Gasteiger partial charge in [-0.25, -0.2) is 15.0 Å². The lowest BCUT2D eigenvalue weighted by Crippen LogP contribution is -2.26. The van der Waals surface area contributed by atoms with Crippen LogP contribution in [-0.4, -0.2) is 35.7 Å². The van der Waals surface area contributed by atoms with Crippen LogP contribution >= 0.6 is 0 Å². The summed E-state index contributed by atoms with van der Waals surface area (Å²) in [7, 11) is 0. The lowest BCUT2D eigenvalue weighted by atomic mass is 10.1. The van der Waals surface area contributed by atoms with Gasteiger partial charge in [0.25, 0.3) is 0 Å². The third kappa shape index (κ3) is 2.52. The summed E-state index contributed by atoms with van der Waals surface area (Å²) in [5.41, 5.74) is 0.897. The van der Waals surface area contributed by atoms with E-state index in [0.717, 1.165) is 6.42 Å². The van der Waals surface area contributed by atoms with Crippen molar-refractivity contribution in [3.8, 4) is 5.75 Å². The fourth-order valence-electron chi connectivity index (χ4n) is 2.05. The number of para-hydroxylation sites is 1. The van der Waals surface area contributed by atoms with E-state index < -0.39 is 5.91 Å². The van der Waals surface area contributed by atoms with Crippen molar-refractivity contribution >= 4 is 29.1 Å². The highest BCUT2D eigenvalue weighted by Gasteiger charge is 2.29. The van der Waals surface area contributed by atoms with Crippen LogP contribution in [0.3, 0.4) is 0 Å². The fraction of sp³-hybridized carbons (Fsp3) is 0.267. The van der Waals surface area contributed by atoms with Crippen LogP contribution in [0.1, 0.15) is 25.8 Å². The summed E-state index contributed by atoms with van der Waals surface area (Å²) < 4.78 is 5.68. The number of nitrogens with zero attached hydrogens (tertiary/aromatic N) is 4. The molecule has 21 heavy (non-hydrogen) atoms. The van der Waals surface area contributed by atoms with E-state index in [1.165, 1.54) is 0 Å². The van der Waals surface area contributed by atoms with E-state index in [0.29, 0.717) is 35.4 Å². The van der Waals surface area contributed by atoms with Gasteiger partial charge in [0, 0.05) is 0 Å². The van der Waals surface area contributed by atoms with Gasteiger partial charge in [0.05, 0.1) is 12.2 Å². The SMILES string of the molecule is CCCOc1ccccc1C1=NC(=O)C2=NC(C)=NC2=N1. The summed E-state index contributed by atoms with van der Waals surface area (Å²) in [6.07, 6.45) is 0.897. The molecule has 6 nitrogen and oxygen atoms in total. The zero-order valence-electron chi connectivity index (χ0n) is 11.8. The van der Waals surface area contributed by atoms with Gasteiger partial charge in [0.15, 0.2) is 17.4 Å². The average molecular weight is 282 g/mol. The number of carbonyl (C=O) groups is 1. The number of amidine groups is 3. The Balaban J connectivity index is 2.00. The van der Waals surface area contributed by atoms with Gasteiger partial charge in [0.2, 0.25) is 0 Å². The van der Waals surface area contributed by atoms with Gasteiger partial charge < -0.3 is 4.74 Å². The Labute approximate surface area is 122 Å². The molecule has 3 rings (SSSR count). The second kappa shape index (κ2) is 5.40. The van der Waals surface area contributed by atoms with Crippen LogP contribution in [0.2, 0.25) is 0 Å². The van der Waals surface area contributed by atoms with Crippen molar-refractivity contribution in [2.45, 2.75) is 20.3 Å². The molecule has 2 heterocycles. The molecule has 0 atom stereocenters. The normalized spacial score (nSPS) is 16.8. The first-order chi connectivity index (χ1) is 10.2. The molecule has 0 saturated heterocycles. The number of aliphatic imine (C=N–C) groups is 4. The Hall–Kier alpha value is -2.63. The fourth-order valence-corrected chi connectivity index (χ4v) is 2.05. The van der Waals surface area contributed by atoms with Crippen molar-refractivity contribution in [3.05, 3.63) is 29.8 Å². The van der Waals surface area contributed by atoms with Crippen LogP contribution in [0, 0.1) is 0 Å². The number of hydrogen-bond donors (Lipinski definition) is 0. The maximum Gasteiger partial charge on any atom is 0.301 e. The second-order valence-electron chi connectivity index (χ2n) is 4.64. The zero-order valence-corrected chi connectivity index (χ0v) is 11.8. The van der Waals surface area contributed by atoms with Crippen LogP contribution in [0.4, 0.5) is 0 Å². The molecule has 0 N–H and O–H groups in total. The first kappa shape index (κ1) is 13.4. The second-order valence-corrected chi connectivity index (χ2v) is 4.64. The Morgan fingerprint density at radius 3 is 2.67 bits per heavy atom. The Morgan fingerprint density at radius 1 is 1.05 bits per heavy atom. The lowest BCUT2D eigenvalue weighted by molar-refractivity contribution is -0.111. The first-order valence-electron chi connectivity index (χ1n) is 6.77. The summed E-state index contributed by atoms with van der Waals surface area (Å²) in [5, 5.41) is 0. The molecule has 2 aliphatic rings. The molecule has 1 amide bonds. The number of fused-ring (bicyclic) bond motifs is 1. The summed E-state index contributed by atoms with van der Waals surface area (Å²) in [6.45, 7) is 4.35. The van der Waals surface area contributed by atoms with E-state index in [9.17, 15) is 4.79 Å². The summed E-state index contributed by atoms with van der Waals surface area (Å²) in [4.78, 5) is 28.5. The van der Waals surface area contributed by atoms with Crippen LogP contribution in [0.5, 0.6) is 5.75 Å². The van der Waals surface area contributed by atoms with Gasteiger partial charge in [-0.2, -0.15) is 4.99 Å². The van der Waals surface area contributed by atoms with Crippen LogP contribution in [-0.2, 0) is 4.79 Å². The number of amides is 1. The Morgan fingerprint density at radius 2 is 1.86 bits per heavy atom. The van der Waals surface area contributed by atoms with Crippen molar-refractivity contribution in [2.24, 2.45) is 20.0 Å². The molecule has 0 aliphatic carbocycles. The highest BCUT2D eigenvalue weighted by molar-refractivity contribution is 6.72. The molecule has 0 bridgehead atoms. The van der Waals surface area contributed by atoms with E-state index >= 15 is 0 Å². The topological polar surface area (TPSA) is 75.7 Å². The Kier molecular flexibility index (Phi) is 3.43. The molecular formula is C15H14N4O2. The van der Waals surface area contributed by atoms with Crippen LogP contribution in [0.25, 0.3) is 0 Å². The number of carbonyl (C=O) groups excluding carboxylic acids is 1. The van der Waals surface area contributed by atoms with Gasteiger partial charge in [0.1, 0.15) is 11.6 Å². The van der Waals surface area contributed by atoms with Gasteiger partial charge >= 0.3 is 5.91 Å². The van der Waals surface area contributed by atoms with E-state index in [1.54, 1.807) is 6.92 Å². The third-order valence-electron chi connectivity index (χ3n) is 2.96. The minimum Gasteiger partial charge on any atom is -0.493 e. The summed E-state index contributed by atoms with van der Waals surface area (Å²) >= 11 is 0. The lowest BCUT2D eigenvalue weighted by Gasteiger charge is -2.12. The first-order valence-corrected chi connectivity index (χ1v) is 6.77. The van der Waals surface area contributed by atoms with E-state index in [-0.39, 0.29) is 5.71 Å². The molecule has 0 aromatic heterocycles. The van der Waals surface area contributed by atoms with Crippen molar-refractivity contribution in [1.82, 2.24) is 0 Å². The highest BCUT2D eigenvalue weighted by atomic mass is 16.5. The van der Waals surface area contributed by atoms with Crippen LogP contribution in [0.15, 0.2) is 44.2 Å². The molecular weight excluding hydrogens is 268 g/mol. The van der Waals surface area contributed by atoms with Crippen molar-refractivity contribution in [2.75, 3.05) is 6.61 Å². The summed E-state index contributed by atoms with van der Waals surface area (Å²) in [6, 6.07) is 7.39. The molecule has 0 fully saturated rings. The highest BCUT2D eigenvalue weighted by Crippen LogP contribution is 2.22. The maximum atomic E-state index is 12.0. The quantitative estimate of drug-likeness (QED) is 0.847. The number of benzene rings is 1. The van der Waals surface area contributed by atoms with E-state index in [1.807, 2.05) is 31.2 Å². The Bertz CT molecular complexity index is 729. The molecule has 0 unspecified atom stereocenters. The molecule has 0 radical (unpaired) electrons. The molecule has 2 aliphatic heterocycles. The number of ether oxygens (including phenoxy) is 1. The molecule has 1 aromatic rings. The van der Waals surface area contributed by atoms with E-state index in [4.69, 9.17) is 4.74 Å². The number of hydrogen-bond acceptors (Lipinski definition) is 5. The average Bonchev–Trinajstić information content (AvgIpc) is 2.86. The van der Waals surface area contributed by atoms with Gasteiger partial charge in [-0.05, 0) is 25.5 Å². The summed E-state index contributed by atoms with van der Waals surface area (Å²) in [5.74, 6) is 1.41. The smallest absolute Gasteiger partial charge is 0.301 e. The van der Waals surface area contributed by atoms with Crippen LogP contribution < -0.4 is 4.74 Å². The molecule has 106 valence electrons. The van der Waals surface area contributed by atoms with Gasteiger partial charge in [-0.1, -0.05) is 19.1 Å². The zero-order chi connectivity index (χ0) is 14.8. The maximum absolute atomic E-state index is 12.0. The monoisotopic (exact) mass is 282 g/mol. The van der Waals surface area contributed by atoms with Crippen molar-refractivity contribution in [1.29, 1.82) is 0 Å². The largest absolute Gasteiger partial charge is 0.493 e.